The second kappa shape index (κ2) is 7.10. The van der Waals surface area contributed by atoms with Crippen molar-refractivity contribution >= 4 is 5.97 Å². The topological polar surface area (TPSA) is 52.6 Å². The Bertz CT molecular complexity index is 345. The summed E-state index contributed by atoms with van der Waals surface area (Å²) < 4.78 is 0. The third-order valence-electron chi connectivity index (χ3n) is 4.70. The highest BCUT2D eigenvalue weighted by Crippen LogP contribution is 2.31. The number of nitrogens with one attached hydrogen (secondary N) is 1. The summed E-state index contributed by atoms with van der Waals surface area (Å²) in [5.41, 5.74) is 0.314. The summed E-state index contributed by atoms with van der Waals surface area (Å²) in [5, 5.41) is 12.9. The van der Waals surface area contributed by atoms with Crippen LogP contribution in [0.2, 0.25) is 0 Å². The maximum absolute atomic E-state index is 11.0. The molecule has 1 aliphatic heterocycles. The molecule has 0 spiro atoms. The fourth-order valence-electron chi connectivity index (χ4n) is 4.18. The largest absolute Gasteiger partial charge is 0.480 e. The number of aliphatic carboxylic acids is 1. The molecule has 4 heteroatoms. The van der Waals surface area contributed by atoms with Crippen molar-refractivity contribution in [2.75, 3.05) is 19.6 Å². The number of carboxylic acid groups (broad SMARTS) is 1. The van der Waals surface area contributed by atoms with Crippen LogP contribution in [0.5, 0.6) is 0 Å². The Kier molecular flexibility index (Phi) is 5.67. The van der Waals surface area contributed by atoms with E-state index in [1.165, 1.54) is 38.5 Å². The highest BCUT2D eigenvalue weighted by Gasteiger charge is 2.32. The lowest BCUT2D eigenvalue weighted by Crippen LogP contribution is -2.52. The van der Waals surface area contributed by atoms with Gasteiger partial charge in [-0.3, -0.25) is 9.69 Å². The highest BCUT2D eigenvalue weighted by molar-refractivity contribution is 5.69. The maximum atomic E-state index is 11.0. The van der Waals surface area contributed by atoms with Crippen molar-refractivity contribution < 1.29 is 9.90 Å². The number of rotatable bonds is 5. The Morgan fingerprint density at radius 1 is 1.19 bits per heavy atom. The van der Waals surface area contributed by atoms with E-state index in [2.05, 4.69) is 31.0 Å². The van der Waals surface area contributed by atoms with Gasteiger partial charge in [-0.05, 0) is 37.0 Å². The summed E-state index contributed by atoms with van der Waals surface area (Å²) in [7, 11) is 0. The van der Waals surface area contributed by atoms with Crippen molar-refractivity contribution in [2.24, 2.45) is 11.3 Å². The minimum Gasteiger partial charge on any atom is -0.480 e. The number of likely N-dealkylation sites (tertiary alicyclic amines) is 1. The summed E-state index contributed by atoms with van der Waals surface area (Å²) >= 11 is 0. The summed E-state index contributed by atoms with van der Waals surface area (Å²) in [6.45, 7) is 8.85. The van der Waals surface area contributed by atoms with Crippen LogP contribution in [0.4, 0.5) is 0 Å². The van der Waals surface area contributed by atoms with E-state index in [0.29, 0.717) is 23.4 Å². The van der Waals surface area contributed by atoms with Gasteiger partial charge in [0.1, 0.15) is 0 Å². The Balaban J connectivity index is 1.93. The number of carbonyl (C=O) groups is 1. The molecule has 1 saturated carbocycles. The maximum Gasteiger partial charge on any atom is 0.317 e. The Labute approximate surface area is 129 Å². The lowest BCUT2D eigenvalue weighted by atomic mass is 9.80. The molecule has 0 aromatic rings. The minimum atomic E-state index is -0.703. The Morgan fingerprint density at radius 2 is 1.86 bits per heavy atom. The molecule has 0 amide bonds. The molecular weight excluding hydrogens is 264 g/mol. The lowest BCUT2D eigenvalue weighted by molar-refractivity contribution is -0.138. The first kappa shape index (κ1) is 16.8. The molecule has 2 rings (SSSR count). The molecule has 2 unspecified atom stereocenters. The number of hydrogen-bond donors (Lipinski definition) is 2. The van der Waals surface area contributed by atoms with Crippen molar-refractivity contribution in [3.63, 3.8) is 0 Å². The zero-order valence-corrected chi connectivity index (χ0v) is 13.9. The first-order chi connectivity index (χ1) is 9.82. The highest BCUT2D eigenvalue weighted by atomic mass is 16.4. The first-order valence-corrected chi connectivity index (χ1v) is 8.52. The zero-order valence-electron chi connectivity index (χ0n) is 13.9. The molecule has 1 aliphatic carbocycles. The molecule has 2 fully saturated rings. The van der Waals surface area contributed by atoms with Crippen LogP contribution >= 0.6 is 0 Å². The quantitative estimate of drug-likeness (QED) is 0.819. The Hall–Kier alpha value is -0.610. The van der Waals surface area contributed by atoms with E-state index in [9.17, 15) is 4.79 Å². The minimum absolute atomic E-state index is 0.184. The van der Waals surface area contributed by atoms with Crippen molar-refractivity contribution in [1.29, 1.82) is 0 Å². The van der Waals surface area contributed by atoms with Gasteiger partial charge < -0.3 is 10.4 Å². The van der Waals surface area contributed by atoms with Crippen LogP contribution in [0.3, 0.4) is 0 Å². The molecule has 1 saturated heterocycles. The predicted molar refractivity (Wildman–Crippen MR) is 85.4 cm³/mol. The van der Waals surface area contributed by atoms with E-state index >= 15 is 0 Å². The van der Waals surface area contributed by atoms with Crippen LogP contribution in [0.1, 0.15) is 59.3 Å². The molecule has 2 N–H and O–H groups in total. The SMILES string of the molecule is CC(C)(C)CC1CC(NC2CCCC2)CN(CC(=O)O)C1. The second-order valence-electron chi connectivity index (χ2n) is 8.30. The van der Waals surface area contributed by atoms with E-state index in [1.807, 2.05) is 0 Å². The van der Waals surface area contributed by atoms with E-state index in [-0.39, 0.29) is 6.54 Å². The molecule has 2 aliphatic rings. The van der Waals surface area contributed by atoms with Gasteiger partial charge >= 0.3 is 5.97 Å². The third-order valence-corrected chi connectivity index (χ3v) is 4.70. The van der Waals surface area contributed by atoms with Gasteiger partial charge in [-0.15, -0.1) is 0 Å². The van der Waals surface area contributed by atoms with Crippen molar-refractivity contribution in [3.8, 4) is 0 Å². The molecule has 0 aromatic carbocycles. The Morgan fingerprint density at radius 3 is 2.43 bits per heavy atom. The number of piperidine rings is 1. The summed E-state index contributed by atoms with van der Waals surface area (Å²) in [6.07, 6.45) is 7.64. The summed E-state index contributed by atoms with van der Waals surface area (Å²) in [4.78, 5) is 13.2. The van der Waals surface area contributed by atoms with Gasteiger partial charge in [-0.2, -0.15) is 0 Å². The van der Waals surface area contributed by atoms with E-state index in [0.717, 1.165) is 13.1 Å². The van der Waals surface area contributed by atoms with E-state index < -0.39 is 5.97 Å². The second-order valence-corrected chi connectivity index (χ2v) is 8.30. The summed E-state index contributed by atoms with van der Waals surface area (Å²) in [5.74, 6) is -0.0944. The van der Waals surface area contributed by atoms with E-state index in [4.69, 9.17) is 5.11 Å². The average molecular weight is 296 g/mol. The van der Waals surface area contributed by atoms with Crippen LogP contribution in [-0.4, -0.2) is 47.7 Å². The average Bonchev–Trinajstić information content (AvgIpc) is 2.77. The first-order valence-electron chi connectivity index (χ1n) is 8.52. The van der Waals surface area contributed by atoms with Crippen LogP contribution in [0.15, 0.2) is 0 Å². The fraction of sp³-hybridized carbons (Fsp3) is 0.941. The lowest BCUT2D eigenvalue weighted by Gasteiger charge is -2.40. The molecular formula is C17H32N2O2. The smallest absolute Gasteiger partial charge is 0.317 e. The molecule has 21 heavy (non-hydrogen) atoms. The molecule has 1 heterocycles. The van der Waals surface area contributed by atoms with Crippen molar-refractivity contribution in [2.45, 2.75) is 71.4 Å². The number of nitrogens with zero attached hydrogens (tertiary/aromatic N) is 1. The standard InChI is InChI=1S/C17H32N2O2/c1-17(2,3)9-13-8-15(18-14-6-4-5-7-14)11-19(10-13)12-16(20)21/h13-15,18H,4-12H2,1-3H3,(H,20,21). The monoisotopic (exact) mass is 296 g/mol. The van der Waals surface area contributed by atoms with Gasteiger partial charge in [0.05, 0.1) is 6.54 Å². The third kappa shape index (κ3) is 5.95. The predicted octanol–water partition coefficient (Wildman–Crippen LogP) is 2.73. The fourth-order valence-corrected chi connectivity index (χ4v) is 4.18. The molecule has 122 valence electrons. The van der Waals surface area contributed by atoms with Crippen LogP contribution in [0.25, 0.3) is 0 Å². The van der Waals surface area contributed by atoms with Crippen LogP contribution < -0.4 is 5.32 Å². The molecule has 0 radical (unpaired) electrons. The van der Waals surface area contributed by atoms with Gasteiger partial charge in [0, 0.05) is 25.2 Å². The molecule has 0 aromatic heterocycles. The molecule has 4 nitrogen and oxygen atoms in total. The number of carboxylic acids is 1. The molecule has 2 atom stereocenters. The van der Waals surface area contributed by atoms with Gasteiger partial charge in [0.25, 0.3) is 0 Å². The normalized spacial score (nSPS) is 28.9. The van der Waals surface area contributed by atoms with Gasteiger partial charge in [-0.1, -0.05) is 33.6 Å². The molecule has 0 bridgehead atoms. The zero-order chi connectivity index (χ0) is 15.5. The van der Waals surface area contributed by atoms with E-state index in [1.54, 1.807) is 0 Å². The van der Waals surface area contributed by atoms with Gasteiger partial charge in [0.15, 0.2) is 0 Å². The van der Waals surface area contributed by atoms with Gasteiger partial charge in [-0.25, -0.2) is 0 Å². The van der Waals surface area contributed by atoms with Crippen molar-refractivity contribution in [3.05, 3.63) is 0 Å². The van der Waals surface area contributed by atoms with Crippen molar-refractivity contribution in [1.82, 2.24) is 10.2 Å². The van der Waals surface area contributed by atoms with Crippen LogP contribution in [0, 0.1) is 11.3 Å². The summed E-state index contributed by atoms with van der Waals surface area (Å²) in [6, 6.07) is 1.13. The number of hydrogen-bond acceptors (Lipinski definition) is 3. The van der Waals surface area contributed by atoms with Crippen LogP contribution in [-0.2, 0) is 4.79 Å². The van der Waals surface area contributed by atoms with Gasteiger partial charge in [0.2, 0.25) is 0 Å².